The van der Waals surface area contributed by atoms with E-state index >= 15 is 0 Å². The molecule has 0 bridgehead atoms. The maximum absolute atomic E-state index is 10.2. The second kappa shape index (κ2) is 6.27. The number of hydrogen-bond donors (Lipinski definition) is 1. The predicted molar refractivity (Wildman–Crippen MR) is 78.5 cm³/mol. The lowest BCUT2D eigenvalue weighted by atomic mass is 9.76. The first-order valence-corrected chi connectivity index (χ1v) is 7.84. The minimum atomic E-state index is -0.181. The fraction of sp³-hybridized carbons (Fsp3) is 0.800. The molecule has 0 radical (unpaired) electrons. The van der Waals surface area contributed by atoms with Gasteiger partial charge in [0.05, 0.1) is 22.5 Å². The number of aliphatic hydroxyl groups is 1. The van der Waals surface area contributed by atoms with Crippen LogP contribution in [0.4, 0.5) is 0 Å². The maximum atomic E-state index is 10.2. The average Bonchev–Trinajstić information content (AvgIpc) is 2.68. The number of rotatable bonds is 4. The quantitative estimate of drug-likeness (QED) is 0.917. The van der Waals surface area contributed by atoms with Gasteiger partial charge in [-0.2, -0.15) is 5.10 Å². The van der Waals surface area contributed by atoms with Gasteiger partial charge < -0.3 is 5.11 Å². The first kappa shape index (κ1) is 14.9. The monoisotopic (exact) mass is 284 g/mol. The van der Waals surface area contributed by atoms with Crippen molar-refractivity contribution in [1.82, 2.24) is 9.78 Å². The molecule has 1 fully saturated rings. The second-order valence-electron chi connectivity index (χ2n) is 5.78. The van der Waals surface area contributed by atoms with E-state index in [4.69, 9.17) is 11.6 Å². The van der Waals surface area contributed by atoms with E-state index in [1.165, 1.54) is 6.42 Å². The van der Waals surface area contributed by atoms with Crippen molar-refractivity contribution in [1.29, 1.82) is 0 Å². The van der Waals surface area contributed by atoms with Gasteiger partial charge in [0.1, 0.15) is 0 Å². The summed E-state index contributed by atoms with van der Waals surface area (Å²) in [6.07, 6.45) is 5.09. The smallest absolute Gasteiger partial charge is 0.0847 e. The molecular weight excluding hydrogens is 260 g/mol. The standard InChI is InChI=1S/C15H25ClN2O/c1-4-11-6-7-14(19)12(8-11)9-13-15(16)10(3)17-18(13)5-2/h11-12,14,19H,4-9H2,1-3H3. The Kier molecular flexibility index (Phi) is 4.91. The molecule has 0 aromatic carbocycles. The van der Waals surface area contributed by atoms with Crippen molar-refractivity contribution in [3.05, 3.63) is 16.4 Å². The minimum Gasteiger partial charge on any atom is -0.393 e. The summed E-state index contributed by atoms with van der Waals surface area (Å²) in [6.45, 7) is 7.11. The highest BCUT2D eigenvalue weighted by Crippen LogP contribution is 2.35. The zero-order valence-corrected chi connectivity index (χ0v) is 13.0. The largest absolute Gasteiger partial charge is 0.393 e. The third-order valence-electron chi connectivity index (χ3n) is 4.54. The second-order valence-corrected chi connectivity index (χ2v) is 6.16. The van der Waals surface area contributed by atoms with Crippen molar-refractivity contribution in [2.75, 3.05) is 0 Å². The molecule has 1 heterocycles. The van der Waals surface area contributed by atoms with Crippen LogP contribution in [0.5, 0.6) is 0 Å². The normalized spacial score (nSPS) is 27.7. The average molecular weight is 285 g/mol. The van der Waals surface area contributed by atoms with Crippen LogP contribution in [0.3, 0.4) is 0 Å². The van der Waals surface area contributed by atoms with E-state index in [1.807, 2.05) is 11.6 Å². The third-order valence-corrected chi connectivity index (χ3v) is 5.03. The molecule has 4 heteroatoms. The molecule has 3 nitrogen and oxygen atoms in total. The van der Waals surface area contributed by atoms with Crippen molar-refractivity contribution in [3.8, 4) is 0 Å². The molecule has 1 aromatic rings. The minimum absolute atomic E-state index is 0.181. The van der Waals surface area contributed by atoms with Crippen LogP contribution in [-0.2, 0) is 13.0 Å². The van der Waals surface area contributed by atoms with Gasteiger partial charge in [-0.05, 0) is 51.4 Å². The molecule has 3 unspecified atom stereocenters. The first-order chi connectivity index (χ1) is 9.06. The van der Waals surface area contributed by atoms with Crippen LogP contribution < -0.4 is 0 Å². The Morgan fingerprint density at radius 1 is 1.37 bits per heavy atom. The summed E-state index contributed by atoms with van der Waals surface area (Å²) >= 11 is 6.36. The third kappa shape index (κ3) is 3.14. The number of aliphatic hydroxyl groups excluding tert-OH is 1. The fourth-order valence-electron chi connectivity index (χ4n) is 3.25. The highest BCUT2D eigenvalue weighted by atomic mass is 35.5. The maximum Gasteiger partial charge on any atom is 0.0847 e. The van der Waals surface area contributed by atoms with Crippen LogP contribution in [0.25, 0.3) is 0 Å². The molecule has 3 atom stereocenters. The molecule has 1 saturated carbocycles. The van der Waals surface area contributed by atoms with E-state index in [2.05, 4.69) is 18.9 Å². The van der Waals surface area contributed by atoms with Crippen molar-refractivity contribution < 1.29 is 5.11 Å². The van der Waals surface area contributed by atoms with Crippen molar-refractivity contribution in [2.45, 2.75) is 65.5 Å². The molecular formula is C15H25ClN2O. The lowest BCUT2D eigenvalue weighted by Gasteiger charge is -2.33. The number of aryl methyl sites for hydroxylation is 2. The van der Waals surface area contributed by atoms with E-state index in [0.717, 1.165) is 54.6 Å². The van der Waals surface area contributed by atoms with Crippen molar-refractivity contribution in [3.63, 3.8) is 0 Å². The molecule has 1 aliphatic rings. The molecule has 0 saturated heterocycles. The highest BCUT2D eigenvalue weighted by Gasteiger charge is 2.30. The topological polar surface area (TPSA) is 38.1 Å². The van der Waals surface area contributed by atoms with Crippen LogP contribution >= 0.6 is 11.6 Å². The van der Waals surface area contributed by atoms with Gasteiger partial charge in [0.25, 0.3) is 0 Å². The van der Waals surface area contributed by atoms with E-state index in [9.17, 15) is 5.11 Å². The summed E-state index contributed by atoms with van der Waals surface area (Å²) < 4.78 is 1.99. The van der Waals surface area contributed by atoms with Gasteiger partial charge in [-0.15, -0.1) is 0 Å². The zero-order chi connectivity index (χ0) is 14.0. The van der Waals surface area contributed by atoms with Gasteiger partial charge in [-0.1, -0.05) is 24.9 Å². The molecule has 0 aliphatic heterocycles. The van der Waals surface area contributed by atoms with Gasteiger partial charge in [0, 0.05) is 6.54 Å². The molecule has 2 rings (SSSR count). The molecule has 19 heavy (non-hydrogen) atoms. The van der Waals surface area contributed by atoms with Gasteiger partial charge in [0.15, 0.2) is 0 Å². The van der Waals surface area contributed by atoms with Crippen LogP contribution in [-0.4, -0.2) is 21.0 Å². The predicted octanol–water partition coefficient (Wildman–Crippen LogP) is 3.59. The van der Waals surface area contributed by atoms with E-state index in [-0.39, 0.29) is 6.10 Å². The van der Waals surface area contributed by atoms with E-state index in [0.29, 0.717) is 5.92 Å². The Balaban J connectivity index is 2.15. The van der Waals surface area contributed by atoms with Crippen LogP contribution in [0.2, 0.25) is 5.02 Å². The van der Waals surface area contributed by atoms with Crippen LogP contribution in [0.15, 0.2) is 0 Å². The molecule has 1 N–H and O–H groups in total. The molecule has 0 amide bonds. The Bertz CT molecular complexity index is 430. The summed E-state index contributed by atoms with van der Waals surface area (Å²) in [4.78, 5) is 0. The van der Waals surface area contributed by atoms with Gasteiger partial charge in [-0.3, -0.25) is 4.68 Å². The Morgan fingerprint density at radius 3 is 2.74 bits per heavy atom. The van der Waals surface area contributed by atoms with Crippen molar-refractivity contribution in [2.24, 2.45) is 11.8 Å². The number of halogens is 1. The summed E-state index contributed by atoms with van der Waals surface area (Å²) in [7, 11) is 0. The zero-order valence-electron chi connectivity index (χ0n) is 12.2. The molecule has 108 valence electrons. The number of hydrogen-bond acceptors (Lipinski definition) is 2. The van der Waals surface area contributed by atoms with Gasteiger partial charge in [0.2, 0.25) is 0 Å². The Hall–Kier alpha value is -0.540. The SMILES string of the molecule is CCC1CCC(O)C(Cc2c(Cl)c(C)nn2CC)C1. The highest BCUT2D eigenvalue weighted by molar-refractivity contribution is 6.31. The van der Waals surface area contributed by atoms with Crippen LogP contribution in [0.1, 0.15) is 50.9 Å². The van der Waals surface area contributed by atoms with E-state index < -0.39 is 0 Å². The number of nitrogens with zero attached hydrogens (tertiary/aromatic N) is 2. The summed E-state index contributed by atoms with van der Waals surface area (Å²) in [5.74, 6) is 1.09. The fourth-order valence-corrected chi connectivity index (χ4v) is 3.46. The van der Waals surface area contributed by atoms with Crippen LogP contribution in [0, 0.1) is 18.8 Å². The van der Waals surface area contributed by atoms with Gasteiger partial charge >= 0.3 is 0 Å². The summed E-state index contributed by atoms with van der Waals surface area (Å²) in [5.41, 5.74) is 2.00. The van der Waals surface area contributed by atoms with E-state index in [1.54, 1.807) is 0 Å². The van der Waals surface area contributed by atoms with Gasteiger partial charge in [-0.25, -0.2) is 0 Å². The lowest BCUT2D eigenvalue weighted by molar-refractivity contribution is 0.0465. The first-order valence-electron chi connectivity index (χ1n) is 7.46. The Morgan fingerprint density at radius 2 is 2.11 bits per heavy atom. The molecule has 0 spiro atoms. The summed E-state index contributed by atoms with van der Waals surface area (Å²) in [6, 6.07) is 0. The number of aromatic nitrogens is 2. The lowest BCUT2D eigenvalue weighted by Crippen LogP contribution is -2.31. The summed E-state index contributed by atoms with van der Waals surface area (Å²) in [5, 5.41) is 15.5. The Labute approximate surface area is 121 Å². The molecule has 1 aliphatic carbocycles. The molecule has 1 aromatic heterocycles. The van der Waals surface area contributed by atoms with Crippen molar-refractivity contribution >= 4 is 11.6 Å².